The summed E-state index contributed by atoms with van der Waals surface area (Å²) in [5, 5.41) is 6.23. The smallest absolute Gasteiger partial charge is 0.226 e. The Bertz CT molecular complexity index is 734. The predicted molar refractivity (Wildman–Crippen MR) is 102 cm³/mol. The summed E-state index contributed by atoms with van der Waals surface area (Å²) in [5.74, 6) is 1.98. The summed E-state index contributed by atoms with van der Waals surface area (Å²) in [6, 6.07) is 13.1. The minimum Gasteiger partial charge on any atom is -0.497 e. The fourth-order valence-electron chi connectivity index (χ4n) is 2.59. The van der Waals surface area contributed by atoms with Crippen LogP contribution >= 0.6 is 0 Å². The Morgan fingerprint density at radius 1 is 1.00 bits per heavy atom. The molecule has 0 aliphatic heterocycles. The molecule has 2 N–H and O–H groups in total. The molecule has 0 fully saturated rings. The molecule has 0 saturated heterocycles. The quantitative estimate of drug-likeness (QED) is 0.720. The zero-order valence-electron chi connectivity index (χ0n) is 15.7. The van der Waals surface area contributed by atoms with Gasteiger partial charge in [-0.05, 0) is 25.1 Å². The molecule has 2 rings (SSSR count). The van der Waals surface area contributed by atoms with Gasteiger partial charge in [0.1, 0.15) is 17.2 Å². The van der Waals surface area contributed by atoms with Gasteiger partial charge in [-0.2, -0.15) is 0 Å². The number of hydrogen-bond donors (Lipinski definition) is 2. The van der Waals surface area contributed by atoms with Crippen LogP contribution in [0.25, 0.3) is 0 Å². The number of benzene rings is 2. The Labute approximate surface area is 154 Å². The van der Waals surface area contributed by atoms with Gasteiger partial charge in [0, 0.05) is 30.6 Å². The van der Waals surface area contributed by atoms with E-state index in [1.807, 2.05) is 31.2 Å². The first-order valence-corrected chi connectivity index (χ1v) is 8.44. The summed E-state index contributed by atoms with van der Waals surface area (Å²) in [4.78, 5) is 12.3. The molecule has 0 aromatic heterocycles. The molecule has 6 heteroatoms. The van der Waals surface area contributed by atoms with Crippen molar-refractivity contribution in [1.29, 1.82) is 0 Å². The van der Waals surface area contributed by atoms with E-state index < -0.39 is 0 Å². The molecule has 26 heavy (non-hydrogen) atoms. The summed E-state index contributed by atoms with van der Waals surface area (Å²) in [6.07, 6.45) is 0.338. The molecular formula is C20H26N2O4. The van der Waals surface area contributed by atoms with Crippen LogP contribution in [0.15, 0.2) is 42.5 Å². The number of nitrogens with one attached hydrogen (secondary N) is 2. The second-order valence-electron chi connectivity index (χ2n) is 5.91. The van der Waals surface area contributed by atoms with E-state index in [9.17, 15) is 4.79 Å². The minimum absolute atomic E-state index is 0.00385. The van der Waals surface area contributed by atoms with Gasteiger partial charge >= 0.3 is 0 Å². The zero-order valence-corrected chi connectivity index (χ0v) is 15.7. The normalized spacial score (nSPS) is 11.5. The summed E-state index contributed by atoms with van der Waals surface area (Å²) in [5.41, 5.74) is 1.68. The first kappa shape index (κ1) is 19.6. The molecule has 1 unspecified atom stereocenters. The molecule has 2 aromatic carbocycles. The molecule has 2 aromatic rings. The van der Waals surface area contributed by atoms with Gasteiger partial charge in [-0.1, -0.05) is 18.2 Å². The maximum atomic E-state index is 12.3. The van der Waals surface area contributed by atoms with E-state index in [0.717, 1.165) is 11.3 Å². The molecule has 0 aliphatic carbocycles. The standard InChI is InChI=1S/C20H26N2O4/c1-14(21-13-15-7-5-6-8-18(15)25-3)11-20(23)22-17-10-9-16(24-2)12-19(17)26-4/h5-10,12,14,21H,11,13H2,1-4H3,(H,22,23). The number of para-hydroxylation sites is 1. The molecule has 0 bridgehead atoms. The number of methoxy groups -OCH3 is 3. The summed E-state index contributed by atoms with van der Waals surface area (Å²) in [7, 11) is 4.79. The van der Waals surface area contributed by atoms with E-state index in [4.69, 9.17) is 14.2 Å². The maximum Gasteiger partial charge on any atom is 0.226 e. The van der Waals surface area contributed by atoms with Crippen LogP contribution in [0.1, 0.15) is 18.9 Å². The van der Waals surface area contributed by atoms with Crippen molar-refractivity contribution >= 4 is 11.6 Å². The molecule has 6 nitrogen and oxygen atoms in total. The highest BCUT2D eigenvalue weighted by Crippen LogP contribution is 2.29. The summed E-state index contributed by atoms with van der Waals surface area (Å²) in [6.45, 7) is 2.60. The Kier molecular flexibility index (Phi) is 7.29. The lowest BCUT2D eigenvalue weighted by atomic mass is 10.1. The lowest BCUT2D eigenvalue weighted by molar-refractivity contribution is -0.116. The fourth-order valence-corrected chi connectivity index (χ4v) is 2.59. The van der Waals surface area contributed by atoms with Gasteiger partial charge in [0.15, 0.2) is 0 Å². The topological polar surface area (TPSA) is 68.8 Å². The van der Waals surface area contributed by atoms with Crippen LogP contribution in [0.4, 0.5) is 5.69 Å². The second kappa shape index (κ2) is 9.68. The van der Waals surface area contributed by atoms with Gasteiger partial charge in [0.05, 0.1) is 27.0 Å². The van der Waals surface area contributed by atoms with Crippen molar-refractivity contribution in [3.05, 3.63) is 48.0 Å². The summed E-state index contributed by atoms with van der Waals surface area (Å²) >= 11 is 0. The van der Waals surface area contributed by atoms with Crippen molar-refractivity contribution in [3.63, 3.8) is 0 Å². The molecule has 0 aliphatic rings. The van der Waals surface area contributed by atoms with E-state index in [-0.39, 0.29) is 11.9 Å². The highest BCUT2D eigenvalue weighted by Gasteiger charge is 2.13. The largest absolute Gasteiger partial charge is 0.497 e. The number of hydrogen-bond acceptors (Lipinski definition) is 5. The SMILES string of the molecule is COc1ccc(NC(=O)CC(C)NCc2ccccc2OC)c(OC)c1. The first-order valence-electron chi connectivity index (χ1n) is 8.44. The molecule has 140 valence electrons. The third kappa shape index (κ3) is 5.39. The summed E-state index contributed by atoms with van der Waals surface area (Å²) < 4.78 is 15.8. The monoisotopic (exact) mass is 358 g/mol. The lowest BCUT2D eigenvalue weighted by Gasteiger charge is -2.16. The Morgan fingerprint density at radius 3 is 2.42 bits per heavy atom. The fraction of sp³-hybridized carbons (Fsp3) is 0.350. The van der Waals surface area contributed by atoms with Gasteiger partial charge in [-0.3, -0.25) is 4.79 Å². The van der Waals surface area contributed by atoms with Crippen molar-refractivity contribution in [2.24, 2.45) is 0 Å². The van der Waals surface area contributed by atoms with E-state index in [1.54, 1.807) is 39.5 Å². The predicted octanol–water partition coefficient (Wildman–Crippen LogP) is 3.22. The van der Waals surface area contributed by atoms with E-state index in [2.05, 4.69) is 10.6 Å². The van der Waals surface area contributed by atoms with Crippen molar-refractivity contribution < 1.29 is 19.0 Å². The molecule has 0 heterocycles. The minimum atomic E-state index is -0.0894. The molecule has 0 radical (unpaired) electrons. The molecule has 0 saturated carbocycles. The van der Waals surface area contributed by atoms with Crippen molar-refractivity contribution in [2.45, 2.75) is 25.9 Å². The average molecular weight is 358 g/mol. The third-order valence-corrected chi connectivity index (χ3v) is 4.01. The number of anilines is 1. The number of rotatable bonds is 9. The van der Waals surface area contributed by atoms with Crippen LogP contribution in [0.5, 0.6) is 17.2 Å². The number of carbonyl (C=O) groups is 1. The van der Waals surface area contributed by atoms with E-state index in [1.165, 1.54) is 0 Å². The van der Waals surface area contributed by atoms with Crippen LogP contribution in [-0.2, 0) is 11.3 Å². The van der Waals surface area contributed by atoms with Crippen LogP contribution < -0.4 is 24.8 Å². The van der Waals surface area contributed by atoms with Crippen molar-refractivity contribution in [1.82, 2.24) is 5.32 Å². The van der Waals surface area contributed by atoms with E-state index in [0.29, 0.717) is 30.2 Å². The lowest BCUT2D eigenvalue weighted by Crippen LogP contribution is -2.30. The Balaban J connectivity index is 1.89. The molecular weight excluding hydrogens is 332 g/mol. The second-order valence-corrected chi connectivity index (χ2v) is 5.91. The highest BCUT2D eigenvalue weighted by atomic mass is 16.5. The number of amides is 1. The van der Waals surface area contributed by atoms with Gasteiger partial charge in [-0.15, -0.1) is 0 Å². The highest BCUT2D eigenvalue weighted by molar-refractivity contribution is 5.92. The van der Waals surface area contributed by atoms with Gasteiger partial charge in [-0.25, -0.2) is 0 Å². The third-order valence-electron chi connectivity index (χ3n) is 4.01. The van der Waals surface area contributed by atoms with Crippen LogP contribution in [0, 0.1) is 0 Å². The van der Waals surface area contributed by atoms with Gasteiger partial charge < -0.3 is 24.8 Å². The Morgan fingerprint density at radius 2 is 1.73 bits per heavy atom. The number of ether oxygens (including phenoxy) is 3. The number of carbonyl (C=O) groups excluding carboxylic acids is 1. The Hall–Kier alpha value is -2.73. The van der Waals surface area contributed by atoms with Gasteiger partial charge in [0.25, 0.3) is 0 Å². The first-order chi connectivity index (χ1) is 12.6. The molecule has 1 amide bonds. The molecule has 1 atom stereocenters. The maximum absolute atomic E-state index is 12.3. The average Bonchev–Trinajstić information content (AvgIpc) is 2.66. The van der Waals surface area contributed by atoms with Crippen LogP contribution in [0.2, 0.25) is 0 Å². The van der Waals surface area contributed by atoms with Crippen molar-refractivity contribution in [3.8, 4) is 17.2 Å². The zero-order chi connectivity index (χ0) is 18.9. The van der Waals surface area contributed by atoms with E-state index >= 15 is 0 Å². The van der Waals surface area contributed by atoms with Crippen LogP contribution in [0.3, 0.4) is 0 Å². The van der Waals surface area contributed by atoms with Crippen molar-refractivity contribution in [2.75, 3.05) is 26.6 Å². The van der Waals surface area contributed by atoms with Gasteiger partial charge in [0.2, 0.25) is 5.91 Å². The van der Waals surface area contributed by atoms with Crippen LogP contribution in [-0.4, -0.2) is 33.3 Å². The molecule has 0 spiro atoms.